The summed E-state index contributed by atoms with van der Waals surface area (Å²) in [4.78, 5) is 27.9. The number of carbonyl (C=O) groups is 1. The zero-order valence-corrected chi connectivity index (χ0v) is 18.1. The number of nitrogens with zero attached hydrogens (tertiary/aromatic N) is 2. The Bertz CT molecular complexity index is 1130. The first kappa shape index (κ1) is 21.3. The average Bonchev–Trinajstić information content (AvgIpc) is 2.80. The van der Waals surface area contributed by atoms with Crippen LogP contribution in [0.2, 0.25) is 0 Å². The molecule has 31 heavy (non-hydrogen) atoms. The lowest BCUT2D eigenvalue weighted by molar-refractivity contribution is 0.112. The van der Waals surface area contributed by atoms with E-state index >= 15 is 0 Å². The molecule has 0 aliphatic carbocycles. The summed E-state index contributed by atoms with van der Waals surface area (Å²) in [6.45, 7) is 7.24. The third kappa shape index (κ3) is 4.86. The molecular formula is C25H28N2O4. The molecule has 6 nitrogen and oxygen atoms in total. The van der Waals surface area contributed by atoms with Crippen LogP contribution in [0.3, 0.4) is 0 Å². The first-order valence-corrected chi connectivity index (χ1v) is 10.7. The van der Waals surface area contributed by atoms with Crippen LogP contribution in [0.1, 0.15) is 34.0 Å². The first-order chi connectivity index (χ1) is 15.1. The largest absolute Gasteiger partial charge is 0.496 e. The highest BCUT2D eigenvalue weighted by Crippen LogP contribution is 2.23. The molecule has 1 aliphatic rings. The van der Waals surface area contributed by atoms with Crippen molar-refractivity contribution in [3.63, 3.8) is 0 Å². The summed E-state index contributed by atoms with van der Waals surface area (Å²) in [5.41, 5.74) is 4.30. The number of hydrogen-bond acceptors (Lipinski definition) is 6. The molecule has 162 valence electrons. The monoisotopic (exact) mass is 420 g/mol. The maximum absolute atomic E-state index is 12.0. The van der Waals surface area contributed by atoms with Gasteiger partial charge in [0.2, 0.25) is 0 Å². The Morgan fingerprint density at radius 2 is 1.68 bits per heavy atom. The van der Waals surface area contributed by atoms with Crippen molar-refractivity contribution in [1.29, 1.82) is 0 Å². The quantitative estimate of drug-likeness (QED) is 0.431. The van der Waals surface area contributed by atoms with Crippen molar-refractivity contribution in [2.24, 2.45) is 0 Å². The molecule has 0 N–H and O–H groups in total. The van der Waals surface area contributed by atoms with E-state index in [1.54, 1.807) is 19.2 Å². The Hall–Kier alpha value is -2.96. The number of benzene rings is 2. The number of piperazine rings is 1. The Morgan fingerprint density at radius 1 is 0.968 bits per heavy atom. The zero-order valence-electron chi connectivity index (χ0n) is 18.1. The number of rotatable bonds is 7. The van der Waals surface area contributed by atoms with Crippen molar-refractivity contribution in [1.82, 2.24) is 9.80 Å². The van der Waals surface area contributed by atoms with E-state index in [2.05, 4.69) is 22.8 Å². The molecule has 0 amide bonds. The molecule has 6 heteroatoms. The van der Waals surface area contributed by atoms with Crippen molar-refractivity contribution >= 4 is 17.3 Å². The molecule has 1 aliphatic heterocycles. The van der Waals surface area contributed by atoms with E-state index in [0.29, 0.717) is 11.1 Å². The molecule has 0 radical (unpaired) electrons. The minimum atomic E-state index is -0.299. The Kier molecular flexibility index (Phi) is 6.49. The van der Waals surface area contributed by atoms with Crippen LogP contribution < -0.4 is 10.4 Å². The molecule has 4 rings (SSSR count). The number of carbonyl (C=O) groups excluding carboxylic acids is 1. The van der Waals surface area contributed by atoms with Gasteiger partial charge in [0.1, 0.15) is 17.6 Å². The van der Waals surface area contributed by atoms with E-state index < -0.39 is 0 Å². The maximum atomic E-state index is 12.0. The van der Waals surface area contributed by atoms with Crippen LogP contribution in [-0.4, -0.2) is 49.4 Å². The molecule has 0 saturated carbocycles. The molecule has 1 fully saturated rings. The van der Waals surface area contributed by atoms with Gasteiger partial charge in [0.05, 0.1) is 7.11 Å². The smallest absolute Gasteiger partial charge is 0.336 e. The summed E-state index contributed by atoms with van der Waals surface area (Å²) in [6.07, 6.45) is 1.81. The number of methoxy groups -OCH3 is 1. The molecule has 2 heterocycles. The SMILES string of the molecule is CCc1ccc2oc(=O)cc(CN3CCN(Cc4cc(C=O)ccc4OC)CC3)c2c1. The summed E-state index contributed by atoms with van der Waals surface area (Å²) >= 11 is 0. The van der Waals surface area contributed by atoms with Gasteiger partial charge in [-0.25, -0.2) is 4.79 Å². The lowest BCUT2D eigenvalue weighted by atomic mass is 10.0. The maximum Gasteiger partial charge on any atom is 0.336 e. The molecular weight excluding hydrogens is 392 g/mol. The summed E-state index contributed by atoms with van der Waals surface area (Å²) in [7, 11) is 1.65. The number of aldehydes is 1. The average molecular weight is 421 g/mol. The predicted octanol–water partition coefficient (Wildman–Crippen LogP) is 3.49. The molecule has 0 bridgehead atoms. The second-order valence-electron chi connectivity index (χ2n) is 8.02. The highest BCUT2D eigenvalue weighted by atomic mass is 16.5. The topological polar surface area (TPSA) is 63.0 Å². The summed E-state index contributed by atoms with van der Waals surface area (Å²) in [5.74, 6) is 0.808. The van der Waals surface area contributed by atoms with Crippen LogP contribution in [0.5, 0.6) is 5.75 Å². The van der Waals surface area contributed by atoms with Gasteiger partial charge in [-0.05, 0) is 47.9 Å². The van der Waals surface area contributed by atoms with Gasteiger partial charge in [0.25, 0.3) is 0 Å². The van der Waals surface area contributed by atoms with E-state index in [9.17, 15) is 9.59 Å². The molecule has 0 unspecified atom stereocenters. The van der Waals surface area contributed by atoms with Crippen LogP contribution >= 0.6 is 0 Å². The van der Waals surface area contributed by atoms with Gasteiger partial charge in [-0.1, -0.05) is 13.0 Å². The number of fused-ring (bicyclic) bond motifs is 1. The van der Waals surface area contributed by atoms with E-state index in [1.807, 2.05) is 24.3 Å². The molecule has 1 saturated heterocycles. The summed E-state index contributed by atoms with van der Waals surface area (Å²) < 4.78 is 10.9. The third-order valence-corrected chi connectivity index (χ3v) is 5.99. The van der Waals surface area contributed by atoms with Crippen molar-refractivity contribution in [3.8, 4) is 5.75 Å². The second kappa shape index (κ2) is 9.45. The highest BCUT2D eigenvalue weighted by molar-refractivity contribution is 5.81. The minimum Gasteiger partial charge on any atom is -0.496 e. The van der Waals surface area contributed by atoms with Gasteiger partial charge in [-0.2, -0.15) is 0 Å². The lowest BCUT2D eigenvalue weighted by Gasteiger charge is -2.35. The zero-order chi connectivity index (χ0) is 21.8. The number of ether oxygens (including phenoxy) is 1. The Balaban J connectivity index is 1.44. The van der Waals surface area contributed by atoms with E-state index in [-0.39, 0.29) is 5.63 Å². The fourth-order valence-corrected chi connectivity index (χ4v) is 4.21. The summed E-state index contributed by atoms with van der Waals surface area (Å²) in [5, 5.41) is 1.02. The van der Waals surface area contributed by atoms with Crippen LogP contribution in [0.25, 0.3) is 11.0 Å². The molecule has 2 aromatic carbocycles. The van der Waals surface area contributed by atoms with Crippen molar-refractivity contribution in [2.45, 2.75) is 26.4 Å². The van der Waals surface area contributed by atoms with Crippen molar-refractivity contribution in [2.75, 3.05) is 33.3 Å². The standard InChI is InChI=1S/C25H28N2O4/c1-3-18-4-7-24-22(13-18)20(14-25(29)31-24)15-26-8-10-27(11-9-26)16-21-12-19(17-28)5-6-23(21)30-2/h4-7,12-14,17H,3,8-11,15-16H2,1-2H3. The fraction of sp³-hybridized carbons (Fsp3) is 0.360. The molecule has 3 aromatic rings. The van der Waals surface area contributed by atoms with Crippen LogP contribution in [0.15, 0.2) is 51.7 Å². The van der Waals surface area contributed by atoms with Gasteiger partial charge < -0.3 is 9.15 Å². The van der Waals surface area contributed by atoms with Gasteiger partial charge >= 0.3 is 5.63 Å². The van der Waals surface area contributed by atoms with E-state index in [4.69, 9.17) is 9.15 Å². The lowest BCUT2D eigenvalue weighted by Crippen LogP contribution is -2.45. The van der Waals surface area contributed by atoms with Gasteiger partial charge in [0, 0.05) is 61.8 Å². The second-order valence-corrected chi connectivity index (χ2v) is 8.02. The highest BCUT2D eigenvalue weighted by Gasteiger charge is 2.20. The number of aryl methyl sites for hydroxylation is 1. The molecule has 0 spiro atoms. The Labute approximate surface area is 182 Å². The van der Waals surface area contributed by atoms with Crippen LogP contribution in [-0.2, 0) is 19.5 Å². The van der Waals surface area contributed by atoms with E-state index in [1.165, 1.54) is 5.56 Å². The van der Waals surface area contributed by atoms with Crippen LogP contribution in [0.4, 0.5) is 0 Å². The van der Waals surface area contributed by atoms with Gasteiger partial charge in [0.15, 0.2) is 0 Å². The van der Waals surface area contributed by atoms with Crippen molar-refractivity contribution in [3.05, 3.63) is 75.1 Å². The first-order valence-electron chi connectivity index (χ1n) is 10.7. The van der Waals surface area contributed by atoms with Gasteiger partial charge in [-0.3, -0.25) is 14.6 Å². The van der Waals surface area contributed by atoms with E-state index in [0.717, 1.165) is 74.2 Å². The normalized spacial score (nSPS) is 15.3. The molecule has 0 atom stereocenters. The molecule has 1 aromatic heterocycles. The fourth-order valence-electron chi connectivity index (χ4n) is 4.21. The third-order valence-electron chi connectivity index (χ3n) is 5.99. The summed E-state index contributed by atoms with van der Waals surface area (Å²) in [6, 6.07) is 13.2. The predicted molar refractivity (Wildman–Crippen MR) is 121 cm³/mol. The number of hydrogen-bond donors (Lipinski definition) is 0. The Morgan fingerprint density at radius 3 is 2.32 bits per heavy atom. The van der Waals surface area contributed by atoms with Gasteiger partial charge in [-0.15, -0.1) is 0 Å². The van der Waals surface area contributed by atoms with Crippen LogP contribution in [0, 0.1) is 0 Å². The van der Waals surface area contributed by atoms with Crippen molar-refractivity contribution < 1.29 is 13.9 Å². The minimum absolute atomic E-state index is 0.299.